The molecule has 2 heterocycles. The molecule has 0 fully saturated rings. The molecule has 4 rings (SSSR count). The van der Waals surface area contributed by atoms with E-state index < -0.39 is 0 Å². The Morgan fingerprint density at radius 2 is 1.89 bits per heavy atom. The topological polar surface area (TPSA) is 98.1 Å². The maximum Gasteiger partial charge on any atom is 0.248 e. The van der Waals surface area contributed by atoms with Crippen molar-refractivity contribution in [2.75, 3.05) is 17.7 Å². The van der Waals surface area contributed by atoms with E-state index in [9.17, 15) is 9.59 Å². The van der Waals surface area contributed by atoms with Gasteiger partial charge in [0.15, 0.2) is 0 Å². The van der Waals surface area contributed by atoms with Crippen molar-refractivity contribution in [1.29, 1.82) is 0 Å². The van der Waals surface area contributed by atoms with Gasteiger partial charge in [-0.1, -0.05) is 30.3 Å². The lowest BCUT2D eigenvalue weighted by Gasteiger charge is -2.11. The number of hydrogen-bond donors (Lipinski definition) is 2. The van der Waals surface area contributed by atoms with E-state index >= 15 is 0 Å². The van der Waals surface area contributed by atoms with Crippen LogP contribution < -0.4 is 15.4 Å². The number of rotatable bonds is 8. The third-order valence-corrected chi connectivity index (χ3v) is 5.10. The molecule has 2 N–H and O–H groups in total. The minimum atomic E-state index is -0.351. The Hall–Kier alpha value is -4.72. The van der Waals surface area contributed by atoms with Crippen LogP contribution in [0.4, 0.5) is 11.4 Å². The van der Waals surface area contributed by atoms with Gasteiger partial charge in [-0.3, -0.25) is 19.3 Å². The number of hydrogen-bond acceptors (Lipinski definition) is 5. The van der Waals surface area contributed by atoms with Gasteiger partial charge in [-0.25, -0.2) is 0 Å². The van der Waals surface area contributed by atoms with Crippen LogP contribution in [0.1, 0.15) is 18.1 Å². The first-order chi connectivity index (χ1) is 17.0. The smallest absolute Gasteiger partial charge is 0.248 e. The van der Waals surface area contributed by atoms with Crippen LogP contribution in [0.5, 0.6) is 5.75 Å². The van der Waals surface area contributed by atoms with Crippen molar-refractivity contribution in [3.05, 3.63) is 96.5 Å². The number of pyridine rings is 1. The quantitative estimate of drug-likeness (QED) is 0.369. The third-order valence-electron chi connectivity index (χ3n) is 5.10. The summed E-state index contributed by atoms with van der Waals surface area (Å²) in [6.45, 7) is 2.02. The van der Waals surface area contributed by atoms with Crippen LogP contribution in [0.2, 0.25) is 0 Å². The highest BCUT2D eigenvalue weighted by Crippen LogP contribution is 2.28. The predicted octanol–water partition coefficient (Wildman–Crippen LogP) is 4.61. The van der Waals surface area contributed by atoms with Crippen molar-refractivity contribution in [3.8, 4) is 17.0 Å². The van der Waals surface area contributed by atoms with Crippen LogP contribution in [0.25, 0.3) is 17.3 Å². The molecule has 0 aliphatic rings. The fourth-order valence-electron chi connectivity index (χ4n) is 3.56. The van der Waals surface area contributed by atoms with Crippen molar-refractivity contribution in [2.45, 2.75) is 13.5 Å². The lowest BCUT2D eigenvalue weighted by molar-refractivity contribution is -0.114. The van der Waals surface area contributed by atoms with E-state index in [1.165, 1.54) is 20.1 Å². The van der Waals surface area contributed by atoms with Gasteiger partial charge in [0.2, 0.25) is 11.8 Å². The number of carbonyl (C=O) groups excluding carboxylic acids is 2. The largest absolute Gasteiger partial charge is 0.495 e. The standard InChI is InChI=1S/C27H25N5O3/c1-19(33)29-23-11-12-25(35-2)24(15-23)30-26(34)13-10-22-18-32(17-20-7-4-3-5-8-20)31-27(22)21-9-6-14-28-16-21/h3-16,18H,17H2,1-2H3,(H,29,33)(H,30,34)/b13-10+. The highest BCUT2D eigenvalue weighted by atomic mass is 16.5. The Bertz CT molecular complexity index is 1350. The van der Waals surface area contributed by atoms with E-state index in [4.69, 9.17) is 9.84 Å². The molecule has 8 heteroatoms. The number of ether oxygens (including phenoxy) is 1. The monoisotopic (exact) mass is 467 g/mol. The SMILES string of the molecule is COc1ccc(NC(C)=O)cc1NC(=O)/C=C/c1cn(Cc2ccccc2)nc1-c1cccnc1. The summed E-state index contributed by atoms with van der Waals surface area (Å²) in [6, 6.07) is 18.8. The second-order valence-corrected chi connectivity index (χ2v) is 7.78. The first-order valence-electron chi connectivity index (χ1n) is 11.0. The number of methoxy groups -OCH3 is 1. The lowest BCUT2D eigenvalue weighted by Crippen LogP contribution is -2.10. The van der Waals surface area contributed by atoms with E-state index in [1.54, 1.807) is 36.7 Å². The van der Waals surface area contributed by atoms with Crippen LogP contribution in [0, 0.1) is 0 Å². The van der Waals surface area contributed by atoms with Crippen LogP contribution in [0.3, 0.4) is 0 Å². The zero-order chi connectivity index (χ0) is 24.6. The zero-order valence-corrected chi connectivity index (χ0v) is 19.4. The summed E-state index contributed by atoms with van der Waals surface area (Å²) in [5, 5.41) is 10.2. The number of aromatic nitrogens is 3. The summed E-state index contributed by atoms with van der Waals surface area (Å²) >= 11 is 0. The lowest BCUT2D eigenvalue weighted by atomic mass is 10.1. The third kappa shape index (κ3) is 6.20. The molecule has 2 amide bonds. The maximum atomic E-state index is 12.8. The van der Waals surface area contributed by atoms with Gasteiger partial charge in [0.1, 0.15) is 11.4 Å². The molecular formula is C27H25N5O3. The summed E-state index contributed by atoms with van der Waals surface area (Å²) in [5.41, 5.74) is 4.47. The summed E-state index contributed by atoms with van der Waals surface area (Å²) in [7, 11) is 1.51. The highest BCUT2D eigenvalue weighted by molar-refractivity contribution is 6.03. The molecule has 8 nitrogen and oxygen atoms in total. The second kappa shape index (κ2) is 10.9. The van der Waals surface area contributed by atoms with Crippen LogP contribution in [-0.4, -0.2) is 33.7 Å². The van der Waals surface area contributed by atoms with Crippen molar-refractivity contribution in [1.82, 2.24) is 14.8 Å². The van der Waals surface area contributed by atoms with E-state index in [0.29, 0.717) is 23.7 Å². The fraction of sp³-hybridized carbons (Fsp3) is 0.111. The molecule has 0 spiro atoms. The first kappa shape index (κ1) is 23.4. The molecule has 0 unspecified atom stereocenters. The fourth-order valence-corrected chi connectivity index (χ4v) is 3.56. The average molecular weight is 468 g/mol. The normalized spacial score (nSPS) is 10.8. The molecule has 2 aromatic heterocycles. The molecule has 176 valence electrons. The molecule has 0 saturated heterocycles. The van der Waals surface area contributed by atoms with E-state index in [2.05, 4.69) is 15.6 Å². The predicted molar refractivity (Wildman–Crippen MR) is 136 cm³/mol. The molecular weight excluding hydrogens is 442 g/mol. The van der Waals surface area contributed by atoms with E-state index in [-0.39, 0.29) is 11.8 Å². The van der Waals surface area contributed by atoms with Crippen molar-refractivity contribution in [3.63, 3.8) is 0 Å². The van der Waals surface area contributed by atoms with Crippen LogP contribution in [0.15, 0.2) is 85.3 Å². The van der Waals surface area contributed by atoms with Gasteiger partial charge in [-0.2, -0.15) is 5.10 Å². The van der Waals surface area contributed by atoms with Crippen molar-refractivity contribution < 1.29 is 14.3 Å². The molecule has 0 aliphatic carbocycles. The van der Waals surface area contributed by atoms with Gasteiger partial charge in [0.05, 0.1) is 19.3 Å². The minimum Gasteiger partial charge on any atom is -0.495 e. The van der Waals surface area contributed by atoms with Gasteiger partial charge in [-0.15, -0.1) is 0 Å². The van der Waals surface area contributed by atoms with Gasteiger partial charge in [-0.05, 0) is 42.0 Å². The number of nitrogens with zero attached hydrogens (tertiary/aromatic N) is 3. The Morgan fingerprint density at radius 3 is 2.60 bits per heavy atom. The molecule has 0 radical (unpaired) electrons. The molecule has 2 aromatic carbocycles. The molecule has 0 saturated carbocycles. The average Bonchev–Trinajstić information content (AvgIpc) is 3.26. The Kier molecular flexibility index (Phi) is 7.32. The second-order valence-electron chi connectivity index (χ2n) is 7.78. The molecule has 0 bridgehead atoms. The molecule has 4 aromatic rings. The highest BCUT2D eigenvalue weighted by Gasteiger charge is 2.12. The summed E-state index contributed by atoms with van der Waals surface area (Å²) in [5.74, 6) is -0.0772. The summed E-state index contributed by atoms with van der Waals surface area (Å²) in [4.78, 5) is 28.3. The van der Waals surface area contributed by atoms with Crippen LogP contribution in [-0.2, 0) is 16.1 Å². The van der Waals surface area contributed by atoms with Gasteiger partial charge >= 0.3 is 0 Å². The number of amides is 2. The van der Waals surface area contributed by atoms with E-state index in [0.717, 1.165) is 22.4 Å². The van der Waals surface area contributed by atoms with Crippen molar-refractivity contribution >= 4 is 29.3 Å². The Morgan fingerprint density at radius 1 is 1.06 bits per heavy atom. The number of nitrogens with one attached hydrogen (secondary N) is 2. The summed E-state index contributed by atoms with van der Waals surface area (Å²) in [6.07, 6.45) is 8.50. The maximum absolute atomic E-state index is 12.8. The van der Waals surface area contributed by atoms with Crippen molar-refractivity contribution in [2.24, 2.45) is 0 Å². The molecule has 0 aliphatic heterocycles. The Labute approximate surface area is 203 Å². The number of anilines is 2. The Balaban J connectivity index is 1.58. The molecule has 35 heavy (non-hydrogen) atoms. The first-order valence-corrected chi connectivity index (χ1v) is 11.0. The van der Waals surface area contributed by atoms with Gasteiger partial charge in [0.25, 0.3) is 0 Å². The van der Waals surface area contributed by atoms with Gasteiger partial charge < -0.3 is 15.4 Å². The summed E-state index contributed by atoms with van der Waals surface area (Å²) < 4.78 is 7.18. The number of benzene rings is 2. The van der Waals surface area contributed by atoms with Crippen LogP contribution >= 0.6 is 0 Å². The number of carbonyl (C=O) groups is 2. The van der Waals surface area contributed by atoms with Gasteiger partial charge in [0, 0.05) is 48.4 Å². The minimum absolute atomic E-state index is 0.206. The van der Waals surface area contributed by atoms with E-state index in [1.807, 2.05) is 53.3 Å². The zero-order valence-electron chi connectivity index (χ0n) is 19.4. The molecule has 0 atom stereocenters.